The van der Waals surface area contributed by atoms with Gasteiger partial charge < -0.3 is 5.32 Å². The van der Waals surface area contributed by atoms with Gasteiger partial charge in [0.2, 0.25) is 0 Å². The van der Waals surface area contributed by atoms with Crippen molar-refractivity contribution in [3.05, 3.63) is 59.1 Å². The highest BCUT2D eigenvalue weighted by atomic mass is 35.5. The molecule has 0 aliphatic carbocycles. The van der Waals surface area contributed by atoms with Crippen LogP contribution in [0.15, 0.2) is 53.4 Å². The quantitative estimate of drug-likeness (QED) is 0.821. The minimum atomic E-state index is -3.77. The SMILES string of the molecule is CC(C)CNC(=O)c1ccc(Cl)c(NS(=O)(=O)c2ccccc2)c1. The minimum absolute atomic E-state index is 0.121. The molecule has 0 unspecified atom stereocenters. The fraction of sp³-hybridized carbons (Fsp3) is 0.235. The zero-order chi connectivity index (χ0) is 17.7. The molecular formula is C17H19ClN2O3S. The van der Waals surface area contributed by atoms with Gasteiger partial charge in [-0.15, -0.1) is 0 Å². The molecule has 128 valence electrons. The van der Waals surface area contributed by atoms with Gasteiger partial charge in [0.25, 0.3) is 15.9 Å². The van der Waals surface area contributed by atoms with Gasteiger partial charge in [0, 0.05) is 12.1 Å². The van der Waals surface area contributed by atoms with Crippen LogP contribution in [-0.4, -0.2) is 20.9 Å². The first-order valence-corrected chi connectivity index (χ1v) is 9.31. The van der Waals surface area contributed by atoms with Gasteiger partial charge in [-0.3, -0.25) is 9.52 Å². The predicted octanol–water partition coefficient (Wildman–Crippen LogP) is 3.53. The van der Waals surface area contributed by atoms with Crippen molar-refractivity contribution in [3.63, 3.8) is 0 Å². The summed E-state index contributed by atoms with van der Waals surface area (Å²) in [5.41, 5.74) is 0.503. The Morgan fingerprint density at radius 3 is 2.42 bits per heavy atom. The van der Waals surface area contributed by atoms with Crippen LogP contribution in [0.4, 0.5) is 5.69 Å². The van der Waals surface area contributed by atoms with Crippen LogP contribution in [0, 0.1) is 5.92 Å². The summed E-state index contributed by atoms with van der Waals surface area (Å²) in [6.07, 6.45) is 0. The van der Waals surface area contributed by atoms with Crippen LogP contribution in [0.1, 0.15) is 24.2 Å². The van der Waals surface area contributed by atoms with Gasteiger partial charge in [-0.2, -0.15) is 0 Å². The third-order valence-electron chi connectivity index (χ3n) is 3.20. The number of nitrogens with one attached hydrogen (secondary N) is 2. The van der Waals surface area contributed by atoms with Crippen molar-refractivity contribution in [1.82, 2.24) is 5.32 Å². The van der Waals surface area contributed by atoms with E-state index in [0.29, 0.717) is 18.0 Å². The number of hydrogen-bond donors (Lipinski definition) is 2. The molecule has 0 fully saturated rings. The van der Waals surface area contributed by atoms with Crippen LogP contribution in [0.25, 0.3) is 0 Å². The summed E-state index contributed by atoms with van der Waals surface area (Å²) < 4.78 is 27.2. The Hall–Kier alpha value is -2.05. The van der Waals surface area contributed by atoms with E-state index in [1.54, 1.807) is 24.3 Å². The van der Waals surface area contributed by atoms with E-state index in [1.807, 2.05) is 13.8 Å². The van der Waals surface area contributed by atoms with E-state index in [0.717, 1.165) is 0 Å². The van der Waals surface area contributed by atoms with E-state index in [2.05, 4.69) is 10.0 Å². The first-order valence-electron chi connectivity index (χ1n) is 7.45. The van der Waals surface area contributed by atoms with E-state index in [1.165, 1.54) is 24.3 Å². The van der Waals surface area contributed by atoms with Gasteiger partial charge in [-0.05, 0) is 36.2 Å². The van der Waals surface area contributed by atoms with Gasteiger partial charge in [-0.25, -0.2) is 8.42 Å². The number of sulfonamides is 1. The topological polar surface area (TPSA) is 75.3 Å². The summed E-state index contributed by atoms with van der Waals surface area (Å²) >= 11 is 6.06. The molecule has 0 bridgehead atoms. The number of rotatable bonds is 6. The molecule has 0 spiro atoms. The molecule has 2 rings (SSSR count). The maximum atomic E-state index is 12.4. The number of halogens is 1. The van der Waals surface area contributed by atoms with E-state index >= 15 is 0 Å². The lowest BCUT2D eigenvalue weighted by atomic mass is 10.1. The Morgan fingerprint density at radius 2 is 1.79 bits per heavy atom. The second kappa shape index (κ2) is 7.68. The Morgan fingerprint density at radius 1 is 1.12 bits per heavy atom. The van der Waals surface area contributed by atoms with Crippen molar-refractivity contribution >= 4 is 33.2 Å². The summed E-state index contributed by atoms with van der Waals surface area (Å²) in [6.45, 7) is 4.51. The summed E-state index contributed by atoms with van der Waals surface area (Å²) in [4.78, 5) is 12.2. The summed E-state index contributed by atoms with van der Waals surface area (Å²) in [5.74, 6) is 0.0397. The smallest absolute Gasteiger partial charge is 0.261 e. The third-order valence-corrected chi connectivity index (χ3v) is 4.91. The average molecular weight is 367 g/mol. The zero-order valence-corrected chi connectivity index (χ0v) is 15.0. The molecule has 2 aromatic carbocycles. The second-order valence-corrected chi connectivity index (χ2v) is 7.81. The van der Waals surface area contributed by atoms with Gasteiger partial charge in [0.05, 0.1) is 15.6 Å². The fourth-order valence-corrected chi connectivity index (χ4v) is 3.26. The molecule has 0 radical (unpaired) electrons. The highest BCUT2D eigenvalue weighted by Gasteiger charge is 2.17. The Bertz CT molecular complexity index is 821. The van der Waals surface area contributed by atoms with Gasteiger partial charge in [0.1, 0.15) is 0 Å². The zero-order valence-electron chi connectivity index (χ0n) is 13.4. The fourth-order valence-electron chi connectivity index (χ4n) is 1.95. The molecule has 7 heteroatoms. The lowest BCUT2D eigenvalue weighted by Crippen LogP contribution is -2.27. The summed E-state index contributed by atoms with van der Waals surface area (Å²) in [6, 6.07) is 12.4. The maximum absolute atomic E-state index is 12.4. The Kier molecular flexibility index (Phi) is 5.85. The molecule has 0 saturated carbocycles. The van der Waals surface area contributed by atoms with Crippen LogP contribution in [0.3, 0.4) is 0 Å². The largest absolute Gasteiger partial charge is 0.352 e. The predicted molar refractivity (Wildman–Crippen MR) is 95.9 cm³/mol. The van der Waals surface area contributed by atoms with Gasteiger partial charge >= 0.3 is 0 Å². The minimum Gasteiger partial charge on any atom is -0.352 e. The van der Waals surface area contributed by atoms with Crippen LogP contribution in [-0.2, 0) is 10.0 Å². The lowest BCUT2D eigenvalue weighted by molar-refractivity contribution is 0.0949. The van der Waals surface area contributed by atoms with Crippen molar-refractivity contribution < 1.29 is 13.2 Å². The van der Waals surface area contributed by atoms with Gasteiger partial charge in [-0.1, -0.05) is 43.6 Å². The normalized spacial score (nSPS) is 11.3. The molecular weight excluding hydrogens is 348 g/mol. The van der Waals surface area contributed by atoms with Gasteiger partial charge in [0.15, 0.2) is 0 Å². The lowest BCUT2D eigenvalue weighted by Gasteiger charge is -2.12. The molecule has 0 aliphatic rings. The number of carbonyl (C=O) groups excluding carboxylic acids is 1. The molecule has 0 aromatic heterocycles. The molecule has 0 saturated heterocycles. The van der Waals surface area contributed by atoms with Crippen molar-refractivity contribution in [2.45, 2.75) is 18.7 Å². The molecule has 5 nitrogen and oxygen atoms in total. The molecule has 1 amide bonds. The van der Waals surface area contributed by atoms with Crippen LogP contribution in [0.5, 0.6) is 0 Å². The standard InChI is InChI=1S/C17H19ClN2O3S/c1-12(2)11-19-17(21)13-8-9-15(18)16(10-13)20-24(22,23)14-6-4-3-5-7-14/h3-10,12,20H,11H2,1-2H3,(H,19,21). The number of amides is 1. The molecule has 2 aromatic rings. The maximum Gasteiger partial charge on any atom is 0.261 e. The molecule has 0 heterocycles. The van der Waals surface area contributed by atoms with Crippen molar-refractivity contribution in [3.8, 4) is 0 Å². The van der Waals surface area contributed by atoms with E-state index in [9.17, 15) is 13.2 Å². The van der Waals surface area contributed by atoms with Crippen LogP contribution < -0.4 is 10.0 Å². The Balaban J connectivity index is 2.25. The number of benzene rings is 2. The van der Waals surface area contributed by atoms with Crippen molar-refractivity contribution in [2.24, 2.45) is 5.92 Å². The summed E-state index contributed by atoms with van der Waals surface area (Å²) in [5, 5.41) is 3.00. The number of anilines is 1. The first-order chi connectivity index (χ1) is 11.3. The first kappa shape index (κ1) is 18.3. The molecule has 2 N–H and O–H groups in total. The number of carbonyl (C=O) groups is 1. The van der Waals surface area contributed by atoms with Crippen LogP contribution in [0.2, 0.25) is 5.02 Å². The third kappa shape index (κ3) is 4.72. The van der Waals surface area contributed by atoms with E-state index in [4.69, 9.17) is 11.6 Å². The second-order valence-electron chi connectivity index (χ2n) is 5.72. The number of hydrogen-bond acceptors (Lipinski definition) is 3. The molecule has 0 atom stereocenters. The molecule has 0 aliphatic heterocycles. The van der Waals surface area contributed by atoms with E-state index in [-0.39, 0.29) is 21.5 Å². The van der Waals surface area contributed by atoms with Crippen LogP contribution >= 0.6 is 11.6 Å². The Labute approximate surface area is 147 Å². The molecule has 24 heavy (non-hydrogen) atoms. The van der Waals surface area contributed by atoms with Crippen molar-refractivity contribution in [1.29, 1.82) is 0 Å². The summed E-state index contributed by atoms with van der Waals surface area (Å²) in [7, 11) is -3.77. The van der Waals surface area contributed by atoms with Crippen molar-refractivity contribution in [2.75, 3.05) is 11.3 Å². The van der Waals surface area contributed by atoms with E-state index < -0.39 is 10.0 Å². The highest BCUT2D eigenvalue weighted by Crippen LogP contribution is 2.26. The highest BCUT2D eigenvalue weighted by molar-refractivity contribution is 7.92. The average Bonchev–Trinajstić information content (AvgIpc) is 2.55. The monoisotopic (exact) mass is 366 g/mol.